The topological polar surface area (TPSA) is 53.6 Å². The van der Waals surface area contributed by atoms with Crippen molar-refractivity contribution in [1.82, 2.24) is 20.5 Å². The summed E-state index contributed by atoms with van der Waals surface area (Å²) in [4.78, 5) is 4.02. The summed E-state index contributed by atoms with van der Waals surface area (Å²) in [5.41, 5.74) is 1.27. The molecule has 0 saturated carbocycles. The molecule has 0 atom stereocenters. The molecular weight excluding hydrogens is 176 g/mol. The highest BCUT2D eigenvalue weighted by Crippen LogP contribution is 1.97. The van der Waals surface area contributed by atoms with Crippen LogP contribution in [0.5, 0.6) is 0 Å². The summed E-state index contributed by atoms with van der Waals surface area (Å²) in [5.74, 6) is 0.862. The minimum atomic E-state index is 0.717. The number of rotatable bonds is 4. The first-order valence-electron chi connectivity index (χ1n) is 4.54. The zero-order valence-corrected chi connectivity index (χ0v) is 7.77. The lowest BCUT2D eigenvalue weighted by atomic mass is 10.2. The number of aromatic amines is 1. The van der Waals surface area contributed by atoms with Gasteiger partial charge in [0.1, 0.15) is 12.2 Å². The first kappa shape index (κ1) is 8.90. The van der Waals surface area contributed by atoms with Crippen molar-refractivity contribution >= 4 is 0 Å². The Labute approximate surface area is 82.4 Å². The van der Waals surface area contributed by atoms with E-state index in [-0.39, 0.29) is 0 Å². The van der Waals surface area contributed by atoms with Gasteiger partial charge < -0.3 is 5.32 Å². The van der Waals surface area contributed by atoms with Crippen molar-refractivity contribution in [2.75, 3.05) is 0 Å². The van der Waals surface area contributed by atoms with E-state index in [4.69, 9.17) is 0 Å². The molecule has 0 bridgehead atoms. The number of benzene rings is 1. The van der Waals surface area contributed by atoms with Gasteiger partial charge in [0.05, 0.1) is 6.54 Å². The van der Waals surface area contributed by atoms with E-state index in [1.807, 2.05) is 18.2 Å². The quantitative estimate of drug-likeness (QED) is 0.755. The van der Waals surface area contributed by atoms with Crippen LogP contribution in [-0.4, -0.2) is 15.2 Å². The third-order valence-electron chi connectivity index (χ3n) is 1.93. The molecule has 0 fully saturated rings. The maximum absolute atomic E-state index is 4.02. The van der Waals surface area contributed by atoms with Gasteiger partial charge in [0.25, 0.3) is 0 Å². The van der Waals surface area contributed by atoms with Crippen LogP contribution in [0.4, 0.5) is 0 Å². The highest BCUT2D eigenvalue weighted by molar-refractivity contribution is 5.14. The normalized spacial score (nSPS) is 10.3. The number of H-pyrrole nitrogens is 1. The lowest BCUT2D eigenvalue weighted by molar-refractivity contribution is 0.665. The molecule has 0 aliphatic rings. The van der Waals surface area contributed by atoms with Crippen LogP contribution < -0.4 is 5.32 Å². The van der Waals surface area contributed by atoms with Gasteiger partial charge in [-0.15, -0.1) is 0 Å². The molecule has 0 spiro atoms. The smallest absolute Gasteiger partial charge is 0.138 e. The first-order valence-corrected chi connectivity index (χ1v) is 4.54. The fourth-order valence-electron chi connectivity index (χ4n) is 1.24. The van der Waals surface area contributed by atoms with E-state index in [1.54, 1.807) is 0 Å². The van der Waals surface area contributed by atoms with E-state index in [1.165, 1.54) is 11.9 Å². The monoisotopic (exact) mass is 188 g/mol. The summed E-state index contributed by atoms with van der Waals surface area (Å²) in [6.07, 6.45) is 1.51. The molecule has 1 heterocycles. The van der Waals surface area contributed by atoms with Crippen LogP contribution in [0.2, 0.25) is 0 Å². The highest BCUT2D eigenvalue weighted by atomic mass is 15.2. The third-order valence-corrected chi connectivity index (χ3v) is 1.93. The van der Waals surface area contributed by atoms with Crippen LogP contribution in [0.15, 0.2) is 36.7 Å². The number of nitrogens with one attached hydrogen (secondary N) is 2. The van der Waals surface area contributed by atoms with Crippen molar-refractivity contribution in [2.24, 2.45) is 0 Å². The molecular formula is C10H12N4. The Bertz CT molecular complexity index is 355. The molecule has 14 heavy (non-hydrogen) atoms. The molecule has 4 heteroatoms. The Morgan fingerprint density at radius 3 is 2.71 bits per heavy atom. The van der Waals surface area contributed by atoms with Crippen molar-refractivity contribution in [3.8, 4) is 0 Å². The Kier molecular flexibility index (Phi) is 2.88. The zero-order chi connectivity index (χ0) is 9.64. The molecule has 0 saturated heterocycles. The van der Waals surface area contributed by atoms with Crippen molar-refractivity contribution in [2.45, 2.75) is 13.1 Å². The number of nitrogens with zero attached hydrogens (tertiary/aromatic N) is 2. The van der Waals surface area contributed by atoms with Gasteiger partial charge in [0, 0.05) is 6.54 Å². The molecule has 0 aliphatic heterocycles. The van der Waals surface area contributed by atoms with Gasteiger partial charge in [-0.05, 0) is 5.56 Å². The lowest BCUT2D eigenvalue weighted by Crippen LogP contribution is -2.13. The molecule has 2 aromatic rings. The second-order valence-electron chi connectivity index (χ2n) is 3.02. The summed E-state index contributed by atoms with van der Waals surface area (Å²) in [6.45, 7) is 1.57. The SMILES string of the molecule is c1ccc(CNCc2ncn[nH]2)cc1. The molecule has 4 nitrogen and oxygen atoms in total. The molecule has 0 unspecified atom stereocenters. The van der Waals surface area contributed by atoms with E-state index in [0.717, 1.165) is 18.9 Å². The molecule has 2 N–H and O–H groups in total. The van der Waals surface area contributed by atoms with Gasteiger partial charge >= 0.3 is 0 Å². The molecule has 1 aromatic carbocycles. The molecule has 72 valence electrons. The van der Waals surface area contributed by atoms with Crippen molar-refractivity contribution in [3.63, 3.8) is 0 Å². The van der Waals surface area contributed by atoms with Crippen molar-refractivity contribution < 1.29 is 0 Å². The second-order valence-corrected chi connectivity index (χ2v) is 3.02. The van der Waals surface area contributed by atoms with E-state index < -0.39 is 0 Å². The van der Waals surface area contributed by atoms with Gasteiger partial charge in [-0.25, -0.2) is 4.98 Å². The predicted octanol–water partition coefficient (Wildman–Crippen LogP) is 1.09. The summed E-state index contributed by atoms with van der Waals surface area (Å²) < 4.78 is 0. The molecule has 0 aliphatic carbocycles. The highest BCUT2D eigenvalue weighted by Gasteiger charge is 1.94. The van der Waals surface area contributed by atoms with Crippen LogP contribution >= 0.6 is 0 Å². The van der Waals surface area contributed by atoms with E-state index in [2.05, 4.69) is 32.6 Å². The standard InChI is InChI=1S/C10H12N4/c1-2-4-9(5-3-1)6-11-7-10-12-8-13-14-10/h1-5,8,11H,6-7H2,(H,12,13,14). The Morgan fingerprint density at radius 1 is 1.14 bits per heavy atom. The summed E-state index contributed by atoms with van der Waals surface area (Å²) in [5, 5.41) is 9.84. The van der Waals surface area contributed by atoms with Gasteiger partial charge in [-0.2, -0.15) is 5.10 Å². The van der Waals surface area contributed by atoms with Crippen LogP contribution in [-0.2, 0) is 13.1 Å². The maximum atomic E-state index is 4.02. The molecule has 0 radical (unpaired) electrons. The average Bonchev–Trinajstić information content (AvgIpc) is 2.72. The lowest BCUT2D eigenvalue weighted by Gasteiger charge is -2.01. The fraction of sp³-hybridized carbons (Fsp3) is 0.200. The maximum Gasteiger partial charge on any atom is 0.138 e. The van der Waals surface area contributed by atoms with Crippen molar-refractivity contribution in [3.05, 3.63) is 48.0 Å². The van der Waals surface area contributed by atoms with Crippen LogP contribution in [0, 0.1) is 0 Å². The number of aromatic nitrogens is 3. The van der Waals surface area contributed by atoms with Gasteiger partial charge in [0.15, 0.2) is 0 Å². The van der Waals surface area contributed by atoms with Crippen LogP contribution in [0.3, 0.4) is 0 Å². The predicted molar refractivity (Wildman–Crippen MR) is 53.4 cm³/mol. The van der Waals surface area contributed by atoms with E-state index >= 15 is 0 Å². The van der Waals surface area contributed by atoms with Crippen molar-refractivity contribution in [1.29, 1.82) is 0 Å². The summed E-state index contributed by atoms with van der Waals surface area (Å²) in [7, 11) is 0. The Balaban J connectivity index is 1.79. The number of hydrogen-bond acceptors (Lipinski definition) is 3. The van der Waals surface area contributed by atoms with Gasteiger partial charge in [0.2, 0.25) is 0 Å². The molecule has 2 rings (SSSR count). The summed E-state index contributed by atoms with van der Waals surface area (Å²) in [6, 6.07) is 10.3. The molecule has 0 amide bonds. The zero-order valence-electron chi connectivity index (χ0n) is 7.77. The largest absolute Gasteiger partial charge is 0.306 e. The first-order chi connectivity index (χ1) is 6.95. The fourth-order valence-corrected chi connectivity index (χ4v) is 1.24. The average molecular weight is 188 g/mol. The van der Waals surface area contributed by atoms with Gasteiger partial charge in [-0.1, -0.05) is 30.3 Å². The molecule has 1 aromatic heterocycles. The third kappa shape index (κ3) is 2.40. The second kappa shape index (κ2) is 4.53. The van der Waals surface area contributed by atoms with Gasteiger partial charge in [-0.3, -0.25) is 5.10 Å². The van der Waals surface area contributed by atoms with Crippen LogP contribution in [0.25, 0.3) is 0 Å². The summed E-state index contributed by atoms with van der Waals surface area (Å²) >= 11 is 0. The minimum absolute atomic E-state index is 0.717. The Hall–Kier alpha value is -1.68. The van der Waals surface area contributed by atoms with Crippen LogP contribution in [0.1, 0.15) is 11.4 Å². The van der Waals surface area contributed by atoms with E-state index in [9.17, 15) is 0 Å². The Morgan fingerprint density at radius 2 is 2.00 bits per heavy atom. The minimum Gasteiger partial charge on any atom is -0.306 e. The number of hydrogen-bond donors (Lipinski definition) is 2. The van der Waals surface area contributed by atoms with E-state index in [0.29, 0.717) is 0 Å².